The van der Waals surface area contributed by atoms with E-state index in [0.29, 0.717) is 12.2 Å². The molecule has 0 spiro atoms. The van der Waals surface area contributed by atoms with Crippen molar-refractivity contribution in [2.75, 3.05) is 0 Å². The first-order chi connectivity index (χ1) is 8.31. The topological polar surface area (TPSA) is 75.1 Å². The highest BCUT2D eigenvalue weighted by atomic mass is 16.5. The van der Waals surface area contributed by atoms with Gasteiger partial charge in [-0.15, -0.1) is 0 Å². The van der Waals surface area contributed by atoms with Crippen molar-refractivity contribution < 1.29 is 9.53 Å². The first-order valence-electron chi connectivity index (χ1n) is 5.66. The number of aryl methyl sites for hydroxylation is 1. The number of carbonyl (C=O) groups is 1. The van der Waals surface area contributed by atoms with Crippen LogP contribution in [-0.2, 0) is 11.3 Å². The van der Waals surface area contributed by atoms with Crippen LogP contribution in [0.3, 0.4) is 0 Å². The minimum atomic E-state index is -0.571. The second-order valence-electron chi connectivity index (χ2n) is 5.10. The van der Waals surface area contributed by atoms with Gasteiger partial charge in [0.1, 0.15) is 0 Å². The van der Waals surface area contributed by atoms with E-state index >= 15 is 0 Å². The fourth-order valence-electron chi connectivity index (χ4n) is 1.47. The molecule has 1 aromatic rings. The number of nitrogens with zero attached hydrogens (tertiary/aromatic N) is 3. The maximum atomic E-state index is 11.5. The molecule has 96 valence electrons. The van der Waals surface area contributed by atoms with Crippen molar-refractivity contribution >= 4 is 5.91 Å². The monoisotopic (exact) mass is 247 g/mol. The lowest BCUT2D eigenvalue weighted by atomic mass is 10.1. The Hall–Kier alpha value is -1.84. The average molecular weight is 247 g/mol. The fraction of sp³-hybridized carbons (Fsp3) is 0.462. The Morgan fingerprint density at radius 2 is 2.06 bits per heavy atom. The minimum Gasteiger partial charge on any atom is -0.371 e. The first kappa shape index (κ1) is 14.2. The van der Waals surface area contributed by atoms with Crippen LogP contribution >= 0.6 is 0 Å². The van der Waals surface area contributed by atoms with Crippen LogP contribution in [0.2, 0.25) is 0 Å². The third-order valence-electron chi connectivity index (χ3n) is 2.19. The van der Waals surface area contributed by atoms with Gasteiger partial charge in [0, 0.05) is 10.5 Å². The molecule has 0 aliphatic rings. The van der Waals surface area contributed by atoms with Crippen molar-refractivity contribution in [1.82, 2.24) is 0 Å². The molecule has 0 atom stereocenters. The van der Waals surface area contributed by atoms with Gasteiger partial charge in [0.15, 0.2) is 0 Å². The van der Waals surface area contributed by atoms with Gasteiger partial charge in [-0.1, -0.05) is 11.6 Å². The molecule has 0 N–H and O–H groups in total. The van der Waals surface area contributed by atoms with Crippen LogP contribution < -0.4 is 0 Å². The third-order valence-corrected chi connectivity index (χ3v) is 2.19. The maximum Gasteiger partial charge on any atom is 0.249 e. The van der Waals surface area contributed by atoms with Crippen LogP contribution in [0.25, 0.3) is 10.4 Å². The molecule has 0 bridgehead atoms. The van der Waals surface area contributed by atoms with Crippen LogP contribution in [0.15, 0.2) is 23.3 Å². The van der Waals surface area contributed by atoms with Crippen molar-refractivity contribution in [3.05, 3.63) is 45.3 Å². The van der Waals surface area contributed by atoms with Crippen LogP contribution in [-0.4, -0.2) is 11.5 Å². The summed E-state index contributed by atoms with van der Waals surface area (Å²) in [5, 5.41) is 3.09. The van der Waals surface area contributed by atoms with E-state index < -0.39 is 5.91 Å². The lowest BCUT2D eigenvalue weighted by molar-refractivity contribution is -0.0149. The van der Waals surface area contributed by atoms with E-state index in [0.717, 1.165) is 11.1 Å². The Morgan fingerprint density at radius 3 is 2.61 bits per heavy atom. The minimum absolute atomic E-state index is 0.237. The van der Waals surface area contributed by atoms with Crippen LogP contribution in [0.4, 0.5) is 0 Å². The molecule has 0 aliphatic carbocycles. The largest absolute Gasteiger partial charge is 0.371 e. The van der Waals surface area contributed by atoms with E-state index in [1.165, 1.54) is 0 Å². The molecule has 1 aromatic carbocycles. The molecule has 0 aliphatic heterocycles. The molecule has 1 amide bonds. The lowest BCUT2D eigenvalue weighted by Gasteiger charge is -2.19. The van der Waals surface area contributed by atoms with Crippen LogP contribution in [0.5, 0.6) is 0 Å². The van der Waals surface area contributed by atoms with E-state index in [4.69, 9.17) is 10.3 Å². The summed E-state index contributed by atoms with van der Waals surface area (Å²) in [6.45, 7) is 8.20. The first-order valence-corrected chi connectivity index (χ1v) is 5.66. The Balaban J connectivity index is 2.94. The Bertz CT molecular complexity index is 497. The van der Waals surface area contributed by atoms with E-state index in [1.807, 2.05) is 33.8 Å². The molecule has 1 rings (SSSR count). The van der Waals surface area contributed by atoms with Gasteiger partial charge < -0.3 is 4.74 Å². The lowest BCUT2D eigenvalue weighted by Crippen LogP contribution is -2.18. The predicted molar refractivity (Wildman–Crippen MR) is 69.2 cm³/mol. The smallest absolute Gasteiger partial charge is 0.249 e. The van der Waals surface area contributed by atoms with Crippen molar-refractivity contribution in [1.29, 1.82) is 0 Å². The molecule has 0 aromatic heterocycles. The highest BCUT2D eigenvalue weighted by Crippen LogP contribution is 2.15. The standard InChI is InChI=1S/C13H17N3O2/c1-9-5-10(8-18-13(2,3)4)7-11(6-9)12(17)15-16-14/h5-7H,8H2,1-4H3. The van der Waals surface area contributed by atoms with Gasteiger partial charge in [0.05, 0.1) is 12.2 Å². The predicted octanol–water partition coefficient (Wildman–Crippen LogP) is 3.76. The molecule has 0 heterocycles. The Kier molecular flexibility index (Phi) is 4.48. The van der Waals surface area contributed by atoms with Gasteiger partial charge >= 0.3 is 0 Å². The van der Waals surface area contributed by atoms with Crippen molar-refractivity contribution in [3.63, 3.8) is 0 Å². The van der Waals surface area contributed by atoms with E-state index in [2.05, 4.69) is 10.0 Å². The van der Waals surface area contributed by atoms with Crippen LogP contribution in [0.1, 0.15) is 42.3 Å². The molecule has 5 nitrogen and oxygen atoms in total. The number of ether oxygens (including phenoxy) is 1. The van der Waals surface area contributed by atoms with E-state index in [1.54, 1.807) is 12.1 Å². The van der Waals surface area contributed by atoms with E-state index in [9.17, 15) is 4.79 Å². The number of amides is 1. The summed E-state index contributed by atoms with van der Waals surface area (Å²) in [4.78, 5) is 14.0. The summed E-state index contributed by atoms with van der Waals surface area (Å²) in [6.07, 6.45) is 0. The van der Waals surface area contributed by atoms with Gasteiger partial charge in [-0.3, -0.25) is 4.79 Å². The molecule has 0 unspecified atom stereocenters. The molecule has 0 radical (unpaired) electrons. The number of rotatable bonds is 3. The Labute approximate surface area is 106 Å². The molecule has 0 fully saturated rings. The maximum absolute atomic E-state index is 11.5. The molecule has 18 heavy (non-hydrogen) atoms. The summed E-state index contributed by atoms with van der Waals surface area (Å²) in [5.41, 5.74) is 10.2. The van der Waals surface area contributed by atoms with Crippen molar-refractivity contribution in [2.45, 2.75) is 39.9 Å². The second kappa shape index (κ2) is 5.67. The zero-order valence-corrected chi connectivity index (χ0v) is 11.1. The van der Waals surface area contributed by atoms with Gasteiger partial charge in [0.2, 0.25) is 5.91 Å². The summed E-state index contributed by atoms with van der Waals surface area (Å²) >= 11 is 0. The molecular weight excluding hydrogens is 230 g/mol. The molecule has 0 saturated heterocycles. The SMILES string of the molecule is Cc1cc(COC(C)(C)C)cc(C(=O)N=[N+]=[N-])c1. The highest BCUT2D eigenvalue weighted by Gasteiger charge is 2.11. The quantitative estimate of drug-likeness (QED) is 0.463. The average Bonchev–Trinajstić information content (AvgIpc) is 2.25. The van der Waals surface area contributed by atoms with Gasteiger partial charge in [0.25, 0.3) is 0 Å². The number of benzene rings is 1. The molecular formula is C13H17N3O2. The zero-order valence-electron chi connectivity index (χ0n) is 11.1. The van der Waals surface area contributed by atoms with Gasteiger partial charge in [-0.05, 0) is 56.0 Å². The van der Waals surface area contributed by atoms with Crippen molar-refractivity contribution in [3.8, 4) is 0 Å². The summed E-state index contributed by atoms with van der Waals surface area (Å²) in [6, 6.07) is 5.33. The summed E-state index contributed by atoms with van der Waals surface area (Å²) in [7, 11) is 0. The highest BCUT2D eigenvalue weighted by molar-refractivity contribution is 5.95. The Morgan fingerprint density at radius 1 is 1.39 bits per heavy atom. The van der Waals surface area contributed by atoms with Gasteiger partial charge in [-0.25, -0.2) is 0 Å². The van der Waals surface area contributed by atoms with Crippen LogP contribution in [0, 0.1) is 6.92 Å². The molecule has 0 saturated carbocycles. The number of hydrogen-bond acceptors (Lipinski definition) is 2. The molecule has 5 heteroatoms. The third kappa shape index (κ3) is 4.57. The van der Waals surface area contributed by atoms with Crippen molar-refractivity contribution in [2.24, 2.45) is 5.11 Å². The fourth-order valence-corrected chi connectivity index (χ4v) is 1.47. The normalized spacial score (nSPS) is 10.9. The number of azide groups is 1. The zero-order chi connectivity index (χ0) is 13.8. The summed E-state index contributed by atoms with van der Waals surface area (Å²) < 4.78 is 5.65. The van der Waals surface area contributed by atoms with Gasteiger partial charge in [-0.2, -0.15) is 0 Å². The second-order valence-corrected chi connectivity index (χ2v) is 5.10. The number of hydrogen-bond donors (Lipinski definition) is 0. The van der Waals surface area contributed by atoms with E-state index in [-0.39, 0.29) is 5.60 Å². The summed E-state index contributed by atoms with van der Waals surface area (Å²) in [5.74, 6) is -0.571. The number of carbonyl (C=O) groups excluding carboxylic acids is 1.